The van der Waals surface area contributed by atoms with Crippen LogP contribution < -0.4 is 41.0 Å². The van der Waals surface area contributed by atoms with Gasteiger partial charge in [0.05, 0.1) is 31.7 Å². The number of fused-ring (bicyclic) bond motifs is 2. The fourth-order valence-electron chi connectivity index (χ4n) is 6.33. The number of hydrogen-bond donors (Lipinski definition) is 2. The summed E-state index contributed by atoms with van der Waals surface area (Å²) < 4.78 is 67.3. The standard InChI is InChI=1S/C39H32F3N5O8/c1-52-24-14-32(53-2)35-30(48)17-31(55-33(35)15-24)20-3-6-23(7-4-20)54-34(49)9-11-44-39(51)26-19-47(29-8-5-21(40)13-27(29)41)37-25(36(26)50)16-28(42)38(45-37)46-12-10-22(43)18-46/h3-8,13-17,19,22H,9-12,18,43H2,1-2H3,(H,44,51). The van der Waals surface area contributed by atoms with Crippen molar-refractivity contribution in [3.05, 3.63) is 116 Å². The van der Waals surface area contributed by atoms with Crippen LogP contribution in [0.2, 0.25) is 0 Å². The molecule has 3 aromatic carbocycles. The predicted octanol–water partition coefficient (Wildman–Crippen LogP) is 4.86. The lowest BCUT2D eigenvalue weighted by molar-refractivity contribution is -0.134. The summed E-state index contributed by atoms with van der Waals surface area (Å²) in [5, 5.41) is 2.39. The molecule has 1 aliphatic rings. The number of halogens is 3. The van der Waals surface area contributed by atoms with Crippen LogP contribution in [0.25, 0.3) is 39.0 Å². The van der Waals surface area contributed by atoms with Gasteiger partial charge in [-0.2, -0.15) is 0 Å². The van der Waals surface area contributed by atoms with Crippen molar-refractivity contribution in [1.82, 2.24) is 14.9 Å². The molecule has 1 atom stereocenters. The number of benzene rings is 3. The fourth-order valence-corrected chi connectivity index (χ4v) is 6.33. The number of nitrogens with one attached hydrogen (secondary N) is 1. The number of carbonyl (C=O) groups excluding carboxylic acids is 2. The average Bonchev–Trinajstić information content (AvgIpc) is 3.60. The number of hydrogen-bond acceptors (Lipinski definition) is 11. The van der Waals surface area contributed by atoms with E-state index in [0.29, 0.717) is 42.6 Å². The van der Waals surface area contributed by atoms with E-state index in [2.05, 4.69) is 10.3 Å². The number of carbonyl (C=O) groups is 2. The molecule has 0 spiro atoms. The first-order valence-corrected chi connectivity index (χ1v) is 16.9. The van der Waals surface area contributed by atoms with E-state index in [0.717, 1.165) is 29.0 Å². The van der Waals surface area contributed by atoms with Crippen LogP contribution in [-0.4, -0.2) is 61.3 Å². The number of anilines is 1. The lowest BCUT2D eigenvalue weighted by Crippen LogP contribution is -2.32. The van der Waals surface area contributed by atoms with Gasteiger partial charge in [0.25, 0.3) is 5.91 Å². The van der Waals surface area contributed by atoms with E-state index >= 15 is 8.78 Å². The Morgan fingerprint density at radius 2 is 1.75 bits per heavy atom. The number of ether oxygens (including phenoxy) is 3. The molecule has 55 heavy (non-hydrogen) atoms. The van der Waals surface area contributed by atoms with E-state index in [4.69, 9.17) is 24.4 Å². The normalized spacial score (nSPS) is 14.0. The van der Waals surface area contributed by atoms with Crippen LogP contribution in [0.15, 0.2) is 86.9 Å². The Bertz CT molecular complexity index is 2610. The third-order valence-corrected chi connectivity index (χ3v) is 9.06. The van der Waals surface area contributed by atoms with Gasteiger partial charge in [0, 0.05) is 61.7 Å². The average molecular weight is 756 g/mol. The Hall–Kier alpha value is -6.68. The Morgan fingerprint density at radius 3 is 2.44 bits per heavy atom. The van der Waals surface area contributed by atoms with Gasteiger partial charge in [0.1, 0.15) is 51.2 Å². The first-order valence-electron chi connectivity index (χ1n) is 16.9. The number of methoxy groups -OCH3 is 2. The van der Waals surface area contributed by atoms with Crippen molar-refractivity contribution in [1.29, 1.82) is 0 Å². The zero-order valence-electron chi connectivity index (χ0n) is 29.4. The minimum Gasteiger partial charge on any atom is -0.496 e. The third kappa shape index (κ3) is 7.31. The van der Waals surface area contributed by atoms with E-state index in [9.17, 15) is 23.6 Å². The van der Waals surface area contributed by atoms with Gasteiger partial charge in [-0.05, 0) is 48.9 Å². The molecule has 13 nitrogen and oxygen atoms in total. The summed E-state index contributed by atoms with van der Waals surface area (Å²) in [6.07, 6.45) is 1.30. The second-order valence-electron chi connectivity index (χ2n) is 12.7. The highest BCUT2D eigenvalue weighted by molar-refractivity contribution is 5.97. The minimum atomic E-state index is -1.02. The number of pyridine rings is 2. The highest BCUT2D eigenvalue weighted by Crippen LogP contribution is 2.32. The quantitative estimate of drug-likeness (QED) is 0.145. The third-order valence-electron chi connectivity index (χ3n) is 9.06. The zero-order valence-corrected chi connectivity index (χ0v) is 29.4. The Kier molecular flexibility index (Phi) is 9.99. The first-order chi connectivity index (χ1) is 26.4. The van der Waals surface area contributed by atoms with Crippen LogP contribution in [-0.2, 0) is 4.79 Å². The molecule has 7 rings (SSSR count). The summed E-state index contributed by atoms with van der Waals surface area (Å²) in [6.45, 7) is 0.432. The molecular formula is C39H32F3N5O8. The minimum absolute atomic E-state index is 0.108. The molecule has 1 saturated heterocycles. The van der Waals surface area contributed by atoms with Gasteiger partial charge in [-0.1, -0.05) is 0 Å². The molecule has 1 aliphatic heterocycles. The molecule has 1 fully saturated rings. The molecule has 16 heteroatoms. The lowest BCUT2D eigenvalue weighted by atomic mass is 10.1. The Morgan fingerprint density at radius 1 is 0.964 bits per heavy atom. The summed E-state index contributed by atoms with van der Waals surface area (Å²) >= 11 is 0. The molecule has 282 valence electrons. The van der Waals surface area contributed by atoms with Crippen molar-refractivity contribution in [3.63, 3.8) is 0 Å². The maximum Gasteiger partial charge on any atom is 0.312 e. The summed E-state index contributed by atoms with van der Waals surface area (Å²) in [4.78, 5) is 58.4. The van der Waals surface area contributed by atoms with Gasteiger partial charge < -0.3 is 34.6 Å². The molecular weight excluding hydrogens is 723 g/mol. The second kappa shape index (κ2) is 15.0. The maximum atomic E-state index is 15.4. The van der Waals surface area contributed by atoms with Gasteiger partial charge in [0.2, 0.25) is 5.43 Å². The molecule has 0 aliphatic carbocycles. The van der Waals surface area contributed by atoms with Crippen LogP contribution in [0, 0.1) is 17.5 Å². The molecule has 0 saturated carbocycles. The molecule has 0 radical (unpaired) electrons. The van der Waals surface area contributed by atoms with Crippen LogP contribution in [0.4, 0.5) is 19.0 Å². The Balaban J connectivity index is 1.07. The molecule has 0 bridgehead atoms. The topological polar surface area (TPSA) is 168 Å². The van der Waals surface area contributed by atoms with Gasteiger partial charge >= 0.3 is 5.97 Å². The number of nitrogens with two attached hydrogens (primary N) is 1. The van der Waals surface area contributed by atoms with Gasteiger partial charge in [-0.25, -0.2) is 18.2 Å². The molecule has 6 aromatic rings. The smallest absolute Gasteiger partial charge is 0.312 e. The number of aromatic nitrogens is 2. The molecule has 4 heterocycles. The van der Waals surface area contributed by atoms with Gasteiger partial charge in [-0.3, -0.25) is 23.7 Å². The molecule has 3 aromatic heterocycles. The second-order valence-corrected chi connectivity index (χ2v) is 12.7. The van der Waals surface area contributed by atoms with Crippen molar-refractivity contribution in [2.75, 3.05) is 38.8 Å². The summed E-state index contributed by atoms with van der Waals surface area (Å²) in [6, 6.07) is 14.0. The summed E-state index contributed by atoms with van der Waals surface area (Å²) in [7, 11) is 2.90. The number of esters is 1. The highest BCUT2D eigenvalue weighted by atomic mass is 19.1. The number of amides is 1. The van der Waals surface area contributed by atoms with E-state index in [1.165, 1.54) is 32.4 Å². The first kappa shape index (κ1) is 36.7. The predicted molar refractivity (Wildman–Crippen MR) is 196 cm³/mol. The fraction of sp³-hybridized carbons (Fsp3) is 0.205. The molecule has 1 unspecified atom stereocenters. The summed E-state index contributed by atoms with van der Waals surface area (Å²) in [5.41, 5.74) is 4.61. The molecule has 1 amide bonds. The van der Waals surface area contributed by atoms with E-state index < -0.39 is 40.3 Å². The van der Waals surface area contributed by atoms with Crippen LogP contribution in [0.5, 0.6) is 17.2 Å². The van der Waals surface area contributed by atoms with Crippen molar-refractivity contribution in [2.45, 2.75) is 18.9 Å². The van der Waals surface area contributed by atoms with E-state index in [1.807, 2.05) is 0 Å². The monoisotopic (exact) mass is 755 g/mol. The zero-order chi connectivity index (χ0) is 39.0. The molecule has 3 N–H and O–H groups in total. The maximum absolute atomic E-state index is 15.4. The SMILES string of the molecule is COc1cc(OC)c2c(=O)cc(-c3ccc(OC(=O)CCNC(=O)c4cn(-c5ccc(F)cc5F)c5nc(N6CCC(N)C6)c(F)cc5c4=O)cc3)oc2c1. The van der Waals surface area contributed by atoms with Crippen molar-refractivity contribution < 1.29 is 41.4 Å². The van der Waals surface area contributed by atoms with Crippen molar-refractivity contribution >= 4 is 39.7 Å². The van der Waals surface area contributed by atoms with Gasteiger partial charge in [0.15, 0.2) is 22.7 Å². The van der Waals surface area contributed by atoms with E-state index in [1.54, 1.807) is 29.2 Å². The Labute approximate surface area is 309 Å². The van der Waals surface area contributed by atoms with Crippen LogP contribution >= 0.6 is 0 Å². The summed E-state index contributed by atoms with van der Waals surface area (Å²) in [5.74, 6) is -3.36. The van der Waals surface area contributed by atoms with Gasteiger partial charge in [-0.15, -0.1) is 0 Å². The largest absolute Gasteiger partial charge is 0.496 e. The van der Waals surface area contributed by atoms with Crippen molar-refractivity contribution in [3.8, 4) is 34.3 Å². The van der Waals surface area contributed by atoms with Crippen LogP contribution in [0.3, 0.4) is 0 Å². The van der Waals surface area contributed by atoms with E-state index in [-0.39, 0.29) is 69.5 Å². The van der Waals surface area contributed by atoms with Crippen molar-refractivity contribution in [2.24, 2.45) is 5.73 Å². The number of rotatable bonds is 10. The van der Waals surface area contributed by atoms with Crippen LogP contribution in [0.1, 0.15) is 23.2 Å². The lowest BCUT2D eigenvalue weighted by Gasteiger charge is -2.20. The number of nitrogens with zero attached hydrogens (tertiary/aromatic N) is 3. The highest BCUT2D eigenvalue weighted by Gasteiger charge is 2.26.